The Bertz CT molecular complexity index is 951. The van der Waals surface area contributed by atoms with E-state index in [-0.39, 0.29) is 11.1 Å². The molecule has 2 aromatic carbocycles. The summed E-state index contributed by atoms with van der Waals surface area (Å²) in [6.07, 6.45) is -4.76. The third-order valence-electron chi connectivity index (χ3n) is 4.77. The zero-order valence-corrected chi connectivity index (χ0v) is 18.3. The average molecular weight is 470 g/mol. The molecule has 178 valence electrons. The van der Waals surface area contributed by atoms with Crippen molar-refractivity contribution in [1.82, 2.24) is 0 Å². The molecule has 1 aliphatic rings. The van der Waals surface area contributed by atoms with E-state index >= 15 is 0 Å². The summed E-state index contributed by atoms with van der Waals surface area (Å²) in [5.41, 5.74) is 0.492. The van der Waals surface area contributed by atoms with E-state index in [4.69, 9.17) is 18.9 Å². The van der Waals surface area contributed by atoms with Gasteiger partial charge in [-0.3, -0.25) is 0 Å². The molecular formula is C24H22O10. The number of ether oxygens (including phenoxy) is 6. The Morgan fingerprint density at radius 3 is 1.24 bits per heavy atom. The average Bonchev–Trinajstić information content (AvgIpc) is 2.87. The third-order valence-corrected chi connectivity index (χ3v) is 4.77. The summed E-state index contributed by atoms with van der Waals surface area (Å²) in [5, 5.41) is 0. The van der Waals surface area contributed by atoms with Crippen LogP contribution in [0.3, 0.4) is 0 Å². The second kappa shape index (κ2) is 11.5. The molecule has 10 nitrogen and oxygen atoms in total. The maximum absolute atomic E-state index is 12.6. The van der Waals surface area contributed by atoms with Gasteiger partial charge in [-0.25, -0.2) is 19.2 Å². The summed E-state index contributed by atoms with van der Waals surface area (Å²) >= 11 is 0. The Morgan fingerprint density at radius 2 is 0.912 bits per heavy atom. The molecular weight excluding hydrogens is 448 g/mol. The van der Waals surface area contributed by atoms with Crippen molar-refractivity contribution in [2.45, 2.75) is 24.4 Å². The summed E-state index contributed by atoms with van der Waals surface area (Å²) in [4.78, 5) is 49.1. The topological polar surface area (TPSA) is 124 Å². The molecule has 0 spiro atoms. The van der Waals surface area contributed by atoms with E-state index in [1.54, 1.807) is 36.4 Å². The van der Waals surface area contributed by atoms with E-state index in [1.165, 1.54) is 36.4 Å². The summed E-state index contributed by atoms with van der Waals surface area (Å²) in [7, 11) is 2.16. The van der Waals surface area contributed by atoms with Crippen LogP contribution in [0, 0.1) is 0 Å². The molecule has 0 aliphatic heterocycles. The van der Waals surface area contributed by atoms with E-state index in [9.17, 15) is 19.2 Å². The van der Waals surface area contributed by atoms with Gasteiger partial charge in [0, 0.05) is 0 Å². The highest BCUT2D eigenvalue weighted by atomic mass is 16.8. The van der Waals surface area contributed by atoms with Crippen LogP contribution in [0.5, 0.6) is 0 Å². The molecule has 0 N–H and O–H groups in total. The summed E-state index contributed by atoms with van der Waals surface area (Å²) in [6.45, 7) is 0. The second-order valence-corrected chi connectivity index (χ2v) is 6.93. The molecule has 0 amide bonds. The molecule has 2 aromatic rings. The molecule has 1 aliphatic carbocycles. The van der Waals surface area contributed by atoms with Crippen molar-refractivity contribution in [3.63, 3.8) is 0 Å². The molecule has 0 bridgehead atoms. The molecule has 10 heteroatoms. The molecule has 0 saturated heterocycles. The number of hydrogen-bond acceptors (Lipinski definition) is 10. The largest absolute Gasteiger partial charge is 0.508 e. The van der Waals surface area contributed by atoms with E-state index in [2.05, 4.69) is 9.47 Å². The molecule has 0 aromatic heterocycles. The van der Waals surface area contributed by atoms with E-state index < -0.39 is 48.7 Å². The number of methoxy groups -OCH3 is 2. The van der Waals surface area contributed by atoms with Gasteiger partial charge in [0.15, 0.2) is 24.4 Å². The van der Waals surface area contributed by atoms with Gasteiger partial charge in [0.05, 0.1) is 25.3 Å². The van der Waals surface area contributed by atoms with Crippen molar-refractivity contribution in [1.29, 1.82) is 0 Å². The zero-order chi connectivity index (χ0) is 24.5. The Labute approximate surface area is 194 Å². The van der Waals surface area contributed by atoms with Crippen LogP contribution in [0.1, 0.15) is 20.7 Å². The predicted octanol–water partition coefficient (Wildman–Crippen LogP) is 3.31. The van der Waals surface area contributed by atoms with Crippen LogP contribution in [0.4, 0.5) is 9.59 Å². The second-order valence-electron chi connectivity index (χ2n) is 6.93. The Morgan fingerprint density at radius 1 is 0.559 bits per heavy atom. The lowest BCUT2D eigenvalue weighted by atomic mass is 9.95. The SMILES string of the molecule is COC(=O)O[C@H]1[C@H](OC(=O)OC)[C@@H](OC(=O)c2ccccc2)C=C[C@@H]1OC(=O)c1ccccc1. The molecule has 0 unspecified atom stereocenters. The van der Waals surface area contributed by atoms with Crippen molar-refractivity contribution in [2.24, 2.45) is 0 Å². The summed E-state index contributed by atoms with van der Waals surface area (Å²) in [6, 6.07) is 16.2. The Balaban J connectivity index is 1.90. The van der Waals surface area contributed by atoms with Crippen molar-refractivity contribution < 1.29 is 47.6 Å². The molecule has 0 heterocycles. The van der Waals surface area contributed by atoms with Gasteiger partial charge in [-0.1, -0.05) is 36.4 Å². The lowest BCUT2D eigenvalue weighted by molar-refractivity contribution is -0.121. The first-order valence-electron chi connectivity index (χ1n) is 10.1. The molecule has 34 heavy (non-hydrogen) atoms. The van der Waals surface area contributed by atoms with Gasteiger partial charge in [-0.2, -0.15) is 0 Å². The highest BCUT2D eigenvalue weighted by Crippen LogP contribution is 2.27. The number of carbonyl (C=O) groups is 4. The van der Waals surface area contributed by atoms with Crippen molar-refractivity contribution >= 4 is 24.2 Å². The van der Waals surface area contributed by atoms with Crippen LogP contribution in [0.25, 0.3) is 0 Å². The van der Waals surface area contributed by atoms with E-state index in [0.717, 1.165) is 14.2 Å². The van der Waals surface area contributed by atoms with E-state index in [1.807, 2.05) is 0 Å². The van der Waals surface area contributed by atoms with Crippen molar-refractivity contribution in [3.05, 3.63) is 83.9 Å². The molecule has 0 fully saturated rings. The van der Waals surface area contributed by atoms with Gasteiger partial charge in [0.1, 0.15) is 0 Å². The first kappa shape index (κ1) is 24.3. The first-order chi connectivity index (χ1) is 16.4. The fourth-order valence-corrected chi connectivity index (χ4v) is 3.14. The number of esters is 2. The Hall–Kier alpha value is -4.34. The summed E-state index contributed by atoms with van der Waals surface area (Å²) in [5.74, 6) is -1.43. The van der Waals surface area contributed by atoms with Gasteiger partial charge in [0.25, 0.3) is 0 Å². The minimum atomic E-state index is -1.42. The first-order valence-corrected chi connectivity index (χ1v) is 10.1. The molecule has 4 atom stereocenters. The van der Waals surface area contributed by atoms with Crippen molar-refractivity contribution in [2.75, 3.05) is 14.2 Å². The molecule has 0 radical (unpaired) electrons. The minimum Gasteiger partial charge on any atom is -0.450 e. The van der Waals surface area contributed by atoms with Gasteiger partial charge in [-0.15, -0.1) is 0 Å². The monoisotopic (exact) mass is 470 g/mol. The summed E-state index contributed by atoms with van der Waals surface area (Å²) < 4.78 is 30.6. The number of carbonyl (C=O) groups excluding carboxylic acids is 4. The lowest BCUT2D eigenvalue weighted by Gasteiger charge is -2.36. The van der Waals surface area contributed by atoms with Crippen molar-refractivity contribution in [3.8, 4) is 0 Å². The fourth-order valence-electron chi connectivity index (χ4n) is 3.14. The predicted molar refractivity (Wildman–Crippen MR) is 115 cm³/mol. The number of benzene rings is 2. The number of rotatable bonds is 6. The Kier molecular flexibility index (Phi) is 8.22. The third kappa shape index (κ3) is 6.12. The quantitative estimate of drug-likeness (QED) is 0.353. The maximum atomic E-state index is 12.6. The highest BCUT2D eigenvalue weighted by molar-refractivity contribution is 5.90. The standard InChI is InChI=1S/C24H22O10/c1-29-23(27)33-19-17(31-21(25)15-9-5-3-6-10-15)13-14-18(20(19)34-24(28)30-2)32-22(26)16-11-7-4-8-12-16/h3-14,17-20H,1-2H3/t17-,18-,19+,20+/m0/s1. The minimum absolute atomic E-state index is 0.246. The molecule has 0 saturated carbocycles. The van der Waals surface area contributed by atoms with Crippen LogP contribution in [-0.2, 0) is 28.4 Å². The molecule has 3 rings (SSSR count). The van der Waals surface area contributed by atoms with Gasteiger partial charge in [-0.05, 0) is 36.4 Å². The van der Waals surface area contributed by atoms with Gasteiger partial charge < -0.3 is 28.4 Å². The van der Waals surface area contributed by atoms with Crippen LogP contribution in [0.2, 0.25) is 0 Å². The smallest absolute Gasteiger partial charge is 0.450 e. The van der Waals surface area contributed by atoms with E-state index in [0.29, 0.717) is 0 Å². The van der Waals surface area contributed by atoms with Gasteiger partial charge >= 0.3 is 24.2 Å². The maximum Gasteiger partial charge on any atom is 0.508 e. The normalized spacial score (nSPS) is 21.0. The van der Waals surface area contributed by atoms with Crippen LogP contribution in [0.15, 0.2) is 72.8 Å². The highest BCUT2D eigenvalue weighted by Gasteiger charge is 2.46. The van der Waals surface area contributed by atoms with Crippen LogP contribution >= 0.6 is 0 Å². The van der Waals surface area contributed by atoms with Gasteiger partial charge in [0.2, 0.25) is 0 Å². The fraction of sp³-hybridized carbons (Fsp3) is 0.250. The zero-order valence-electron chi connectivity index (χ0n) is 18.3. The van der Waals surface area contributed by atoms with Crippen LogP contribution in [-0.4, -0.2) is 62.9 Å². The van der Waals surface area contributed by atoms with Crippen LogP contribution < -0.4 is 0 Å². The number of hydrogen-bond donors (Lipinski definition) is 0. The lowest BCUT2D eigenvalue weighted by Crippen LogP contribution is -2.53.